The number of benzene rings is 1. The fourth-order valence-corrected chi connectivity index (χ4v) is 1.42. The molecule has 0 aliphatic rings. The lowest BCUT2D eigenvalue weighted by molar-refractivity contribution is 0.0432. The fraction of sp³-hybridized carbons (Fsp3) is 0.500. The van der Waals surface area contributed by atoms with Gasteiger partial charge in [-0.05, 0) is 0 Å². The van der Waals surface area contributed by atoms with E-state index in [0.29, 0.717) is 5.75 Å². The van der Waals surface area contributed by atoms with Crippen LogP contribution in [0.25, 0.3) is 0 Å². The summed E-state index contributed by atoms with van der Waals surface area (Å²) in [5, 5.41) is 10.1. The molecule has 0 radical (unpaired) electrons. The molecule has 19 heavy (non-hydrogen) atoms. The van der Waals surface area contributed by atoms with Crippen LogP contribution >= 0.6 is 0 Å². The lowest BCUT2D eigenvalue weighted by Crippen LogP contribution is -2.05. The molecule has 0 unspecified atom stereocenters. The average Bonchev–Trinajstić information content (AvgIpc) is 2.43. The number of hydrogen-bond donors (Lipinski definition) is 1. The maximum Gasteiger partial charge on any atom is 0.210 e. The van der Waals surface area contributed by atoms with E-state index in [-0.39, 0.29) is 36.6 Å². The third-order valence-corrected chi connectivity index (χ3v) is 2.22. The smallest absolute Gasteiger partial charge is 0.210 e. The van der Waals surface area contributed by atoms with Gasteiger partial charge in [-0.25, -0.2) is 0 Å². The summed E-state index contributed by atoms with van der Waals surface area (Å²) in [6.07, 6.45) is 0. The van der Waals surface area contributed by atoms with Gasteiger partial charge in [-0.1, -0.05) is 0 Å². The molecule has 1 aromatic carbocycles. The average molecular weight is 274 g/mol. The standard InChI is InChI=1S/C12H18O7/c1-14-6-18-9-5-8(16-3)12(19-7-15-2)10(13)11(9)17-4/h5,13H,6-7H2,1-4H3. The summed E-state index contributed by atoms with van der Waals surface area (Å²) < 4.78 is 30.3. The first kappa shape index (κ1) is 15.2. The Morgan fingerprint density at radius 3 is 2.00 bits per heavy atom. The molecule has 0 fully saturated rings. The molecule has 7 heteroatoms. The van der Waals surface area contributed by atoms with Crippen LogP contribution in [0, 0.1) is 0 Å². The number of phenols is 1. The second-order valence-electron chi connectivity index (χ2n) is 3.39. The minimum absolute atomic E-state index is 0.0111. The van der Waals surface area contributed by atoms with E-state index in [2.05, 4.69) is 0 Å². The van der Waals surface area contributed by atoms with Gasteiger partial charge in [-0.2, -0.15) is 0 Å². The van der Waals surface area contributed by atoms with Crippen molar-refractivity contribution in [3.05, 3.63) is 6.07 Å². The van der Waals surface area contributed by atoms with Crippen LogP contribution in [0.4, 0.5) is 0 Å². The van der Waals surface area contributed by atoms with E-state index in [1.54, 1.807) is 0 Å². The summed E-state index contributed by atoms with van der Waals surface area (Å²) in [4.78, 5) is 0. The first-order chi connectivity index (χ1) is 9.19. The van der Waals surface area contributed by atoms with Crippen molar-refractivity contribution in [2.75, 3.05) is 42.0 Å². The fourth-order valence-electron chi connectivity index (χ4n) is 1.42. The molecule has 0 aromatic heterocycles. The van der Waals surface area contributed by atoms with Crippen LogP contribution in [-0.2, 0) is 9.47 Å². The second-order valence-corrected chi connectivity index (χ2v) is 3.39. The van der Waals surface area contributed by atoms with Gasteiger partial charge >= 0.3 is 0 Å². The molecule has 0 aliphatic heterocycles. The van der Waals surface area contributed by atoms with Gasteiger partial charge in [0, 0.05) is 20.3 Å². The quantitative estimate of drug-likeness (QED) is 0.717. The van der Waals surface area contributed by atoms with E-state index in [1.165, 1.54) is 34.5 Å². The molecule has 108 valence electrons. The summed E-state index contributed by atoms with van der Waals surface area (Å²) in [7, 11) is 5.80. The van der Waals surface area contributed by atoms with E-state index in [9.17, 15) is 5.11 Å². The van der Waals surface area contributed by atoms with Gasteiger partial charge in [-0.15, -0.1) is 0 Å². The number of phenolic OH excluding ortho intramolecular Hbond substituents is 1. The maximum atomic E-state index is 10.1. The topological polar surface area (TPSA) is 75.6 Å². The van der Waals surface area contributed by atoms with Gasteiger partial charge in [-0.3, -0.25) is 0 Å². The van der Waals surface area contributed by atoms with Crippen molar-refractivity contribution in [2.45, 2.75) is 0 Å². The monoisotopic (exact) mass is 274 g/mol. The number of aromatic hydroxyl groups is 1. The molecule has 0 spiro atoms. The van der Waals surface area contributed by atoms with Crippen LogP contribution < -0.4 is 18.9 Å². The molecule has 1 N–H and O–H groups in total. The van der Waals surface area contributed by atoms with Crippen molar-refractivity contribution >= 4 is 0 Å². The Kier molecular flexibility index (Phi) is 6.04. The first-order valence-electron chi connectivity index (χ1n) is 5.41. The van der Waals surface area contributed by atoms with E-state index in [1.807, 2.05) is 0 Å². The van der Waals surface area contributed by atoms with Crippen molar-refractivity contribution in [3.8, 4) is 28.7 Å². The molecule has 0 amide bonds. The Hall–Kier alpha value is -1.86. The van der Waals surface area contributed by atoms with Gasteiger partial charge in [0.15, 0.2) is 25.1 Å². The second kappa shape index (κ2) is 7.55. The molecule has 1 aromatic rings. The van der Waals surface area contributed by atoms with Crippen LogP contribution in [0.5, 0.6) is 28.7 Å². The van der Waals surface area contributed by atoms with Gasteiger partial charge < -0.3 is 33.5 Å². The molecule has 0 bridgehead atoms. The molecular weight excluding hydrogens is 256 g/mol. The maximum absolute atomic E-state index is 10.1. The molecule has 0 saturated heterocycles. The molecule has 7 nitrogen and oxygen atoms in total. The highest BCUT2D eigenvalue weighted by molar-refractivity contribution is 5.64. The van der Waals surface area contributed by atoms with Crippen LogP contribution in [0.2, 0.25) is 0 Å². The van der Waals surface area contributed by atoms with E-state index < -0.39 is 0 Å². The SMILES string of the molecule is COCOc1cc(OC)c(OCOC)c(O)c1OC. The lowest BCUT2D eigenvalue weighted by Gasteiger charge is -2.17. The third kappa shape index (κ3) is 3.55. The zero-order valence-corrected chi connectivity index (χ0v) is 11.4. The Bertz CT molecular complexity index is 406. The van der Waals surface area contributed by atoms with Gasteiger partial charge in [0.2, 0.25) is 17.2 Å². The third-order valence-electron chi connectivity index (χ3n) is 2.22. The van der Waals surface area contributed by atoms with Gasteiger partial charge in [0.1, 0.15) is 0 Å². The zero-order valence-electron chi connectivity index (χ0n) is 11.4. The highest BCUT2D eigenvalue weighted by Crippen LogP contribution is 2.49. The molecule has 1 rings (SSSR count). The highest BCUT2D eigenvalue weighted by atomic mass is 16.7. The number of hydrogen-bond acceptors (Lipinski definition) is 7. The molecule has 0 aliphatic carbocycles. The van der Waals surface area contributed by atoms with Crippen LogP contribution in [0.1, 0.15) is 0 Å². The van der Waals surface area contributed by atoms with Crippen molar-refractivity contribution < 1.29 is 33.5 Å². The largest absolute Gasteiger partial charge is 0.501 e. The minimum Gasteiger partial charge on any atom is -0.501 e. The number of rotatable bonds is 8. The molecular formula is C12H18O7. The predicted octanol–water partition coefficient (Wildman–Crippen LogP) is 1.37. The Labute approximate surface area is 111 Å². The molecule has 0 heterocycles. The van der Waals surface area contributed by atoms with Crippen LogP contribution in [0.3, 0.4) is 0 Å². The molecule has 0 saturated carbocycles. The van der Waals surface area contributed by atoms with E-state index in [0.717, 1.165) is 0 Å². The lowest BCUT2D eigenvalue weighted by atomic mass is 10.2. The Morgan fingerprint density at radius 2 is 1.47 bits per heavy atom. The van der Waals surface area contributed by atoms with Crippen LogP contribution in [-0.4, -0.2) is 47.1 Å². The number of ether oxygens (including phenoxy) is 6. The van der Waals surface area contributed by atoms with Crippen molar-refractivity contribution in [3.63, 3.8) is 0 Å². The van der Waals surface area contributed by atoms with Gasteiger partial charge in [0.05, 0.1) is 14.2 Å². The summed E-state index contributed by atoms with van der Waals surface area (Å²) in [5.41, 5.74) is 0. The Balaban J connectivity index is 3.18. The Morgan fingerprint density at radius 1 is 0.842 bits per heavy atom. The van der Waals surface area contributed by atoms with Crippen LogP contribution in [0.15, 0.2) is 6.07 Å². The summed E-state index contributed by atoms with van der Waals surface area (Å²) >= 11 is 0. The van der Waals surface area contributed by atoms with Crippen molar-refractivity contribution in [1.29, 1.82) is 0 Å². The number of methoxy groups -OCH3 is 4. The van der Waals surface area contributed by atoms with Crippen molar-refractivity contribution in [2.24, 2.45) is 0 Å². The highest BCUT2D eigenvalue weighted by Gasteiger charge is 2.21. The summed E-state index contributed by atoms with van der Waals surface area (Å²) in [6.45, 7) is -0.0252. The zero-order chi connectivity index (χ0) is 14.3. The summed E-state index contributed by atoms with van der Waals surface area (Å²) in [6, 6.07) is 1.53. The minimum atomic E-state index is -0.231. The first-order valence-corrected chi connectivity index (χ1v) is 5.41. The van der Waals surface area contributed by atoms with Gasteiger partial charge in [0.25, 0.3) is 0 Å². The van der Waals surface area contributed by atoms with E-state index in [4.69, 9.17) is 28.4 Å². The summed E-state index contributed by atoms with van der Waals surface area (Å²) in [5.74, 6) is 0.588. The predicted molar refractivity (Wildman–Crippen MR) is 66.2 cm³/mol. The van der Waals surface area contributed by atoms with E-state index >= 15 is 0 Å². The normalized spacial score (nSPS) is 10.1. The molecule has 0 atom stereocenters. The van der Waals surface area contributed by atoms with Crippen molar-refractivity contribution in [1.82, 2.24) is 0 Å².